The zero-order valence-electron chi connectivity index (χ0n) is 16.1. The molecule has 0 unspecified atom stereocenters. The number of carbonyl (C=O) groups excluding carboxylic acids is 1. The molecule has 1 atom stereocenters. The Morgan fingerprint density at radius 3 is 2.68 bits per heavy atom. The van der Waals surface area contributed by atoms with Gasteiger partial charge >= 0.3 is 6.18 Å². The maximum atomic E-state index is 14.2. The Kier molecular flexibility index (Phi) is 5.67. The highest BCUT2D eigenvalue weighted by molar-refractivity contribution is 7.18. The summed E-state index contributed by atoms with van der Waals surface area (Å²) in [6.45, 7) is 0.366. The van der Waals surface area contributed by atoms with Crippen LogP contribution in [-0.2, 0) is 23.8 Å². The molecule has 1 aromatic heterocycles. The zero-order chi connectivity index (χ0) is 22.2. The van der Waals surface area contributed by atoms with Gasteiger partial charge in [0, 0.05) is 18.8 Å². The second-order valence-corrected chi connectivity index (χ2v) is 8.32. The fourth-order valence-corrected chi connectivity index (χ4v) is 4.16. The van der Waals surface area contributed by atoms with Gasteiger partial charge in [-0.2, -0.15) is 13.2 Å². The summed E-state index contributed by atoms with van der Waals surface area (Å²) in [5, 5.41) is 6.20. The summed E-state index contributed by atoms with van der Waals surface area (Å²) in [4.78, 5) is 16.5. The van der Waals surface area contributed by atoms with E-state index in [1.54, 1.807) is 12.3 Å². The summed E-state index contributed by atoms with van der Waals surface area (Å²) in [6.07, 6.45) is -2.21. The largest absolute Gasteiger partial charge is 0.416 e. The smallest absolute Gasteiger partial charge is 0.360 e. The van der Waals surface area contributed by atoms with Gasteiger partial charge in [-0.1, -0.05) is 23.5 Å². The van der Waals surface area contributed by atoms with Crippen LogP contribution in [0.15, 0.2) is 42.6 Å². The third kappa shape index (κ3) is 4.86. The summed E-state index contributed by atoms with van der Waals surface area (Å²) < 4.78 is 52.2. The second kappa shape index (κ2) is 8.27. The molecule has 0 fully saturated rings. The van der Waals surface area contributed by atoms with Gasteiger partial charge in [-0.15, -0.1) is 0 Å². The van der Waals surface area contributed by atoms with Gasteiger partial charge in [0.05, 0.1) is 22.5 Å². The number of nitrogens with one attached hydrogen (secondary N) is 2. The molecule has 2 heterocycles. The maximum absolute atomic E-state index is 14.2. The van der Waals surface area contributed by atoms with Crippen molar-refractivity contribution in [2.45, 2.75) is 25.1 Å². The standard InChI is InChI=1S/C21H18F4N4OS/c22-16-7-12(6-13-8-18(30)29-19(13)16)17-10-28-20(31-17)27-9-15(26)5-11-1-3-14(4-2-11)21(23,24)25/h1-4,6-7,10,15H,5,8-9,26H2,(H,27,28)(H,29,30)/t15-/m1/s1. The predicted molar refractivity (Wildman–Crippen MR) is 111 cm³/mol. The molecule has 2 aromatic carbocycles. The first-order chi connectivity index (χ1) is 14.7. The molecule has 0 saturated heterocycles. The lowest BCUT2D eigenvalue weighted by Crippen LogP contribution is -2.31. The van der Waals surface area contributed by atoms with E-state index in [9.17, 15) is 22.4 Å². The molecule has 4 N–H and O–H groups in total. The summed E-state index contributed by atoms with van der Waals surface area (Å²) in [5.74, 6) is -0.723. The number of benzene rings is 2. The predicted octanol–water partition coefficient (Wildman–Crippen LogP) is 4.44. The highest BCUT2D eigenvalue weighted by Gasteiger charge is 2.30. The third-order valence-electron chi connectivity index (χ3n) is 4.87. The van der Waals surface area contributed by atoms with E-state index in [-0.39, 0.29) is 24.1 Å². The van der Waals surface area contributed by atoms with Gasteiger partial charge in [0.25, 0.3) is 0 Å². The van der Waals surface area contributed by atoms with Gasteiger partial charge in [-0.25, -0.2) is 9.37 Å². The number of alkyl halides is 3. The monoisotopic (exact) mass is 450 g/mol. The number of anilines is 2. The molecule has 1 amide bonds. The first-order valence-electron chi connectivity index (χ1n) is 9.43. The van der Waals surface area contributed by atoms with Crippen LogP contribution in [0.4, 0.5) is 28.4 Å². The molecule has 0 bridgehead atoms. The Balaban J connectivity index is 1.36. The molecule has 10 heteroatoms. The number of nitrogens with zero attached hydrogens (tertiary/aromatic N) is 1. The lowest BCUT2D eigenvalue weighted by Gasteiger charge is -2.13. The average Bonchev–Trinajstić information content (AvgIpc) is 3.32. The van der Waals surface area contributed by atoms with Crippen molar-refractivity contribution in [1.29, 1.82) is 0 Å². The van der Waals surface area contributed by atoms with Crippen LogP contribution in [0.25, 0.3) is 10.4 Å². The Hall–Kier alpha value is -2.98. The first kappa shape index (κ1) is 21.3. The van der Waals surface area contributed by atoms with Crippen molar-refractivity contribution in [3.05, 3.63) is 65.1 Å². The van der Waals surface area contributed by atoms with Crippen LogP contribution >= 0.6 is 11.3 Å². The fraction of sp³-hybridized carbons (Fsp3) is 0.238. The van der Waals surface area contributed by atoms with Gasteiger partial charge in [-0.05, 0) is 47.4 Å². The van der Waals surface area contributed by atoms with E-state index < -0.39 is 17.6 Å². The number of thiazole rings is 1. The van der Waals surface area contributed by atoms with Crippen molar-refractivity contribution in [2.75, 3.05) is 17.2 Å². The van der Waals surface area contributed by atoms with Gasteiger partial charge in [0.2, 0.25) is 5.91 Å². The molecule has 0 saturated carbocycles. The minimum Gasteiger partial charge on any atom is -0.360 e. The highest BCUT2D eigenvalue weighted by Crippen LogP contribution is 2.35. The van der Waals surface area contributed by atoms with Crippen molar-refractivity contribution < 1.29 is 22.4 Å². The number of carbonyl (C=O) groups is 1. The number of halogens is 4. The lowest BCUT2D eigenvalue weighted by molar-refractivity contribution is -0.137. The van der Waals surface area contributed by atoms with Gasteiger partial charge in [0.1, 0.15) is 5.82 Å². The van der Waals surface area contributed by atoms with Crippen molar-refractivity contribution in [1.82, 2.24) is 4.98 Å². The molecule has 162 valence electrons. The molecule has 0 aliphatic carbocycles. The first-order valence-corrected chi connectivity index (χ1v) is 10.2. The van der Waals surface area contributed by atoms with Gasteiger partial charge < -0.3 is 16.4 Å². The second-order valence-electron chi connectivity index (χ2n) is 7.29. The molecule has 4 rings (SSSR count). The van der Waals surface area contributed by atoms with Crippen LogP contribution in [0.2, 0.25) is 0 Å². The summed E-state index contributed by atoms with van der Waals surface area (Å²) in [7, 11) is 0. The Bertz CT molecular complexity index is 1110. The van der Waals surface area contributed by atoms with Crippen LogP contribution in [0.1, 0.15) is 16.7 Å². The maximum Gasteiger partial charge on any atom is 0.416 e. The van der Waals surface area contributed by atoms with Crippen molar-refractivity contribution in [2.24, 2.45) is 5.73 Å². The molecule has 5 nitrogen and oxygen atoms in total. The topological polar surface area (TPSA) is 80.0 Å². The number of rotatable bonds is 6. The molecule has 3 aromatic rings. The summed E-state index contributed by atoms with van der Waals surface area (Å²) in [6, 6.07) is 7.72. The number of hydrogen-bond donors (Lipinski definition) is 3. The SMILES string of the molecule is N[C@@H](CNc1ncc(-c2cc(F)c3c(c2)CC(=O)N3)s1)Cc1ccc(C(F)(F)F)cc1. The number of hydrogen-bond acceptors (Lipinski definition) is 5. The van der Waals surface area contributed by atoms with Crippen molar-refractivity contribution >= 4 is 28.1 Å². The van der Waals surface area contributed by atoms with E-state index >= 15 is 0 Å². The highest BCUT2D eigenvalue weighted by atomic mass is 32.1. The normalized spacial score (nSPS) is 14.3. The third-order valence-corrected chi connectivity index (χ3v) is 5.88. The Morgan fingerprint density at radius 2 is 1.97 bits per heavy atom. The molecule has 0 spiro atoms. The number of nitrogens with two attached hydrogens (primary N) is 1. The van der Waals surface area contributed by atoms with Crippen LogP contribution < -0.4 is 16.4 Å². The Morgan fingerprint density at radius 1 is 1.23 bits per heavy atom. The molecule has 1 aliphatic heterocycles. The molecular weight excluding hydrogens is 432 g/mol. The molecular formula is C21H18F4N4OS. The van der Waals surface area contributed by atoms with E-state index in [1.165, 1.54) is 29.5 Å². The van der Waals surface area contributed by atoms with E-state index in [4.69, 9.17) is 5.73 Å². The van der Waals surface area contributed by atoms with Crippen LogP contribution in [0.5, 0.6) is 0 Å². The van der Waals surface area contributed by atoms with Crippen molar-refractivity contribution in [3.63, 3.8) is 0 Å². The minimum absolute atomic E-state index is 0.142. The van der Waals surface area contributed by atoms with E-state index in [2.05, 4.69) is 15.6 Å². The van der Waals surface area contributed by atoms with E-state index in [0.29, 0.717) is 34.8 Å². The summed E-state index contributed by atoms with van der Waals surface area (Å²) in [5.41, 5.74) is 7.58. The molecule has 0 radical (unpaired) electrons. The van der Waals surface area contributed by atoms with Gasteiger partial charge in [0.15, 0.2) is 5.13 Å². The summed E-state index contributed by atoms with van der Waals surface area (Å²) >= 11 is 1.32. The average molecular weight is 450 g/mol. The van der Waals surface area contributed by atoms with E-state index in [0.717, 1.165) is 17.0 Å². The van der Waals surface area contributed by atoms with Crippen LogP contribution in [0, 0.1) is 5.82 Å². The molecule has 31 heavy (non-hydrogen) atoms. The van der Waals surface area contributed by atoms with Crippen LogP contribution in [-0.4, -0.2) is 23.5 Å². The number of fused-ring (bicyclic) bond motifs is 1. The van der Waals surface area contributed by atoms with Gasteiger partial charge in [-0.3, -0.25) is 4.79 Å². The lowest BCUT2D eigenvalue weighted by atomic mass is 10.0. The quantitative estimate of drug-likeness (QED) is 0.485. The Labute approximate surface area is 179 Å². The van der Waals surface area contributed by atoms with E-state index in [1.807, 2.05) is 0 Å². The van der Waals surface area contributed by atoms with Crippen LogP contribution in [0.3, 0.4) is 0 Å². The van der Waals surface area contributed by atoms with Crippen molar-refractivity contribution in [3.8, 4) is 10.4 Å². The minimum atomic E-state index is -4.36. The number of aromatic nitrogens is 1. The zero-order valence-corrected chi connectivity index (χ0v) is 16.9. The molecule has 1 aliphatic rings. The number of amides is 1. The fourth-order valence-electron chi connectivity index (χ4n) is 3.35.